The highest BCUT2D eigenvalue weighted by Gasteiger charge is 2.47. The maximum atomic E-state index is 13.1. The third-order valence-corrected chi connectivity index (χ3v) is 6.71. The molecule has 1 N–H and O–H groups in total. The Morgan fingerprint density at radius 1 is 1.16 bits per heavy atom. The Bertz CT molecular complexity index is 733. The molecule has 0 saturated carbocycles. The average Bonchev–Trinajstić information content (AvgIpc) is 3.24. The van der Waals surface area contributed by atoms with Gasteiger partial charge in [-0.05, 0) is 44.2 Å². The lowest BCUT2D eigenvalue weighted by molar-refractivity contribution is -0.172. The van der Waals surface area contributed by atoms with Gasteiger partial charge in [-0.2, -0.15) is 0 Å². The van der Waals surface area contributed by atoms with E-state index in [-0.39, 0.29) is 12.1 Å². The van der Waals surface area contributed by atoms with Gasteiger partial charge in [-0.15, -0.1) is 11.3 Å². The zero-order valence-electron chi connectivity index (χ0n) is 14.3. The van der Waals surface area contributed by atoms with Crippen LogP contribution in [0, 0.1) is 0 Å². The molecule has 2 saturated heterocycles. The minimum atomic E-state index is -1.75. The van der Waals surface area contributed by atoms with Crippen molar-refractivity contribution in [2.45, 2.75) is 49.5 Å². The van der Waals surface area contributed by atoms with Gasteiger partial charge in [0.15, 0.2) is 0 Å². The first-order valence-corrected chi connectivity index (χ1v) is 9.73. The molecule has 2 aromatic rings. The number of piperidine rings is 1. The SMILES string of the molecule is CN1[C@@H]2CC[C@H](OC(=O)[C@@](O)(c3ccccc3)c3cccs3)[C@H]1CC2. The number of hydrogen-bond acceptors (Lipinski definition) is 5. The van der Waals surface area contributed by atoms with Crippen molar-refractivity contribution >= 4 is 17.3 Å². The lowest BCUT2D eigenvalue weighted by Gasteiger charge is -2.38. The van der Waals surface area contributed by atoms with E-state index in [1.54, 1.807) is 18.2 Å². The van der Waals surface area contributed by atoms with Gasteiger partial charge in [-0.25, -0.2) is 4.79 Å². The molecule has 0 unspecified atom stereocenters. The lowest BCUT2D eigenvalue weighted by Crippen LogP contribution is -2.49. The van der Waals surface area contributed by atoms with Gasteiger partial charge in [0.25, 0.3) is 0 Å². The zero-order chi connectivity index (χ0) is 17.4. The monoisotopic (exact) mass is 357 g/mol. The number of carbonyl (C=O) groups excluding carboxylic acids is 1. The molecular weight excluding hydrogens is 334 g/mol. The first kappa shape index (κ1) is 16.8. The topological polar surface area (TPSA) is 49.8 Å². The molecule has 2 aliphatic heterocycles. The molecule has 0 amide bonds. The Kier molecular flexibility index (Phi) is 4.40. The van der Waals surface area contributed by atoms with Crippen molar-refractivity contribution in [1.29, 1.82) is 0 Å². The third-order valence-electron chi connectivity index (χ3n) is 5.73. The maximum absolute atomic E-state index is 13.1. The number of fused-ring (bicyclic) bond motifs is 2. The van der Waals surface area contributed by atoms with Crippen molar-refractivity contribution in [3.05, 3.63) is 58.3 Å². The third kappa shape index (κ3) is 2.80. The average molecular weight is 357 g/mol. The molecule has 1 aromatic heterocycles. The summed E-state index contributed by atoms with van der Waals surface area (Å²) < 4.78 is 5.91. The highest BCUT2D eigenvalue weighted by molar-refractivity contribution is 7.10. The minimum Gasteiger partial charge on any atom is -0.458 e. The van der Waals surface area contributed by atoms with E-state index in [0.717, 1.165) is 19.3 Å². The summed E-state index contributed by atoms with van der Waals surface area (Å²) in [7, 11) is 2.12. The number of likely N-dealkylation sites (N-methyl/N-ethyl adjacent to an activating group) is 1. The molecule has 0 radical (unpaired) electrons. The molecule has 1 aromatic carbocycles. The highest BCUT2D eigenvalue weighted by Crippen LogP contribution is 2.39. The van der Waals surface area contributed by atoms with E-state index in [0.29, 0.717) is 16.5 Å². The van der Waals surface area contributed by atoms with E-state index in [1.807, 2.05) is 29.6 Å². The van der Waals surface area contributed by atoms with Gasteiger partial charge in [0.05, 0.1) is 4.88 Å². The summed E-state index contributed by atoms with van der Waals surface area (Å²) in [4.78, 5) is 16.1. The first-order valence-electron chi connectivity index (χ1n) is 8.85. The summed E-state index contributed by atoms with van der Waals surface area (Å²) in [6.07, 6.45) is 4.01. The Balaban J connectivity index is 1.63. The second-order valence-electron chi connectivity index (χ2n) is 7.04. The summed E-state index contributed by atoms with van der Waals surface area (Å²) in [5.41, 5.74) is -1.19. The number of rotatable bonds is 4. The second-order valence-corrected chi connectivity index (χ2v) is 7.99. The fraction of sp³-hybridized carbons (Fsp3) is 0.450. The molecule has 2 aliphatic rings. The number of thiophene rings is 1. The van der Waals surface area contributed by atoms with Crippen LogP contribution in [0.25, 0.3) is 0 Å². The van der Waals surface area contributed by atoms with Gasteiger partial charge in [0, 0.05) is 17.6 Å². The van der Waals surface area contributed by atoms with Crippen LogP contribution in [0.5, 0.6) is 0 Å². The van der Waals surface area contributed by atoms with Gasteiger partial charge < -0.3 is 9.84 Å². The van der Waals surface area contributed by atoms with Crippen LogP contribution in [0.4, 0.5) is 0 Å². The maximum Gasteiger partial charge on any atom is 0.348 e. The lowest BCUT2D eigenvalue weighted by atomic mass is 9.91. The Morgan fingerprint density at radius 3 is 2.64 bits per heavy atom. The van der Waals surface area contributed by atoms with Gasteiger partial charge >= 0.3 is 5.97 Å². The van der Waals surface area contributed by atoms with Crippen molar-refractivity contribution in [2.75, 3.05) is 7.05 Å². The van der Waals surface area contributed by atoms with Crippen molar-refractivity contribution in [3.63, 3.8) is 0 Å². The number of ether oxygens (including phenoxy) is 1. The summed E-state index contributed by atoms with van der Waals surface area (Å²) in [5.74, 6) is -0.565. The fourth-order valence-electron chi connectivity index (χ4n) is 4.27. The van der Waals surface area contributed by atoms with Crippen LogP contribution in [0.2, 0.25) is 0 Å². The smallest absolute Gasteiger partial charge is 0.348 e. The van der Waals surface area contributed by atoms with Crippen LogP contribution >= 0.6 is 11.3 Å². The van der Waals surface area contributed by atoms with E-state index in [9.17, 15) is 9.90 Å². The normalized spacial score (nSPS) is 28.5. The molecule has 4 atom stereocenters. The number of benzene rings is 1. The van der Waals surface area contributed by atoms with E-state index < -0.39 is 11.6 Å². The first-order chi connectivity index (χ1) is 12.1. The van der Waals surface area contributed by atoms with E-state index >= 15 is 0 Å². The molecule has 25 heavy (non-hydrogen) atoms. The molecule has 2 bridgehead atoms. The van der Waals surface area contributed by atoms with Crippen molar-refractivity contribution in [3.8, 4) is 0 Å². The molecule has 4 nitrogen and oxygen atoms in total. The van der Waals surface area contributed by atoms with Gasteiger partial charge in [0.1, 0.15) is 6.10 Å². The largest absolute Gasteiger partial charge is 0.458 e. The van der Waals surface area contributed by atoms with Crippen LogP contribution < -0.4 is 0 Å². The molecule has 0 aliphatic carbocycles. The Morgan fingerprint density at radius 2 is 1.92 bits per heavy atom. The Hall–Kier alpha value is -1.69. The highest BCUT2D eigenvalue weighted by atomic mass is 32.1. The van der Waals surface area contributed by atoms with Gasteiger partial charge in [-0.3, -0.25) is 4.90 Å². The summed E-state index contributed by atoms with van der Waals surface area (Å²) >= 11 is 1.37. The van der Waals surface area contributed by atoms with E-state index in [1.165, 1.54) is 17.8 Å². The number of carbonyl (C=O) groups is 1. The molecule has 132 valence electrons. The fourth-order valence-corrected chi connectivity index (χ4v) is 5.10. The second kappa shape index (κ2) is 6.56. The van der Waals surface area contributed by atoms with Crippen LogP contribution in [0.3, 0.4) is 0 Å². The number of nitrogens with zero attached hydrogens (tertiary/aromatic N) is 1. The van der Waals surface area contributed by atoms with Crippen LogP contribution in [0.1, 0.15) is 36.1 Å². The van der Waals surface area contributed by atoms with Crippen LogP contribution in [-0.4, -0.2) is 41.2 Å². The molecule has 3 heterocycles. The molecule has 5 heteroatoms. The standard InChI is InChI=1S/C20H23NO3S/c1-21-15-9-11-16(21)17(12-10-15)24-19(22)20(23,18-8-5-13-25-18)14-6-3-2-4-7-14/h2-8,13,15-17,23H,9-12H2,1H3/t15-,16+,17-,20+/m0/s1. The quantitative estimate of drug-likeness (QED) is 0.854. The molecule has 0 spiro atoms. The number of aliphatic hydroxyl groups is 1. The van der Waals surface area contributed by atoms with E-state index in [2.05, 4.69) is 11.9 Å². The van der Waals surface area contributed by atoms with Gasteiger partial charge in [0.2, 0.25) is 5.60 Å². The predicted octanol–water partition coefficient (Wildman–Crippen LogP) is 3.15. The molecule has 2 fully saturated rings. The minimum absolute atomic E-state index is 0.147. The van der Waals surface area contributed by atoms with Gasteiger partial charge in [-0.1, -0.05) is 36.4 Å². The molecule has 4 rings (SSSR count). The summed E-state index contributed by atoms with van der Waals surface area (Å²) in [5, 5.41) is 13.3. The Labute approximate surface area is 152 Å². The van der Waals surface area contributed by atoms with E-state index in [4.69, 9.17) is 4.74 Å². The zero-order valence-corrected chi connectivity index (χ0v) is 15.1. The van der Waals surface area contributed by atoms with Crippen molar-refractivity contribution in [1.82, 2.24) is 4.90 Å². The van der Waals surface area contributed by atoms with Crippen molar-refractivity contribution in [2.24, 2.45) is 0 Å². The summed E-state index contributed by atoms with van der Waals surface area (Å²) in [6.45, 7) is 0. The summed E-state index contributed by atoms with van der Waals surface area (Å²) in [6, 6.07) is 13.6. The molecular formula is C20H23NO3S. The van der Waals surface area contributed by atoms with Crippen LogP contribution in [0.15, 0.2) is 47.8 Å². The van der Waals surface area contributed by atoms with Crippen LogP contribution in [-0.2, 0) is 15.1 Å². The predicted molar refractivity (Wildman–Crippen MR) is 97.4 cm³/mol. The number of esters is 1. The number of hydrogen-bond donors (Lipinski definition) is 1. The van der Waals surface area contributed by atoms with Crippen molar-refractivity contribution < 1.29 is 14.6 Å².